The van der Waals surface area contributed by atoms with Gasteiger partial charge >= 0.3 is 0 Å². The molecule has 70 valence electrons. The molecule has 0 saturated heterocycles. The van der Waals surface area contributed by atoms with Crippen molar-refractivity contribution < 1.29 is 0 Å². The molecule has 14 heavy (non-hydrogen) atoms. The Morgan fingerprint density at radius 2 is 1.00 bits per heavy atom. The number of hydrazone groups is 2. The van der Waals surface area contributed by atoms with Crippen LogP contribution in [0, 0.1) is 0 Å². The molecule has 0 atom stereocenters. The molecule has 2 aliphatic rings. The Morgan fingerprint density at radius 3 is 1.50 bits per heavy atom. The maximum Gasteiger partial charge on any atom is 0.0697 e. The van der Waals surface area contributed by atoms with Crippen molar-refractivity contribution >= 4 is 12.4 Å². The first-order chi connectivity index (χ1) is 6.97. The number of hydrogen-bond acceptors (Lipinski definition) is 4. The van der Waals surface area contributed by atoms with E-state index in [4.69, 9.17) is 0 Å². The predicted octanol–water partition coefficient (Wildman–Crippen LogP) is 1.64. The van der Waals surface area contributed by atoms with Crippen LogP contribution in [0.1, 0.15) is 0 Å². The summed E-state index contributed by atoms with van der Waals surface area (Å²) in [5.74, 6) is 0. The number of nitrogens with zero attached hydrogens (tertiary/aromatic N) is 4. The number of hydrogen-bond donors (Lipinski definition) is 0. The Hall–Kier alpha value is -2.10. The van der Waals surface area contributed by atoms with E-state index in [0.717, 1.165) is 0 Å². The normalized spacial score (nSPS) is 28.0. The lowest BCUT2D eigenvalue weighted by Crippen LogP contribution is -2.28. The summed E-state index contributed by atoms with van der Waals surface area (Å²) in [6.45, 7) is 0. The Labute approximate surface area is 82.5 Å². The van der Waals surface area contributed by atoms with Gasteiger partial charge in [0.1, 0.15) is 0 Å². The highest BCUT2D eigenvalue weighted by Crippen LogP contribution is 2.05. The molecule has 2 rings (SSSR count). The molecule has 0 unspecified atom stereocenters. The fraction of sp³-hybridized carbons (Fsp3) is 0. The summed E-state index contributed by atoms with van der Waals surface area (Å²) in [6, 6.07) is 0. The van der Waals surface area contributed by atoms with Crippen molar-refractivity contribution in [2.75, 3.05) is 0 Å². The first kappa shape index (κ1) is 8.50. The molecule has 0 aliphatic carbocycles. The van der Waals surface area contributed by atoms with Crippen LogP contribution in [0.25, 0.3) is 0 Å². The summed E-state index contributed by atoms with van der Waals surface area (Å²) in [5.41, 5.74) is 0. The number of fused-ring (bicyclic) bond motifs is 1. The van der Waals surface area contributed by atoms with Crippen molar-refractivity contribution in [3.05, 3.63) is 48.9 Å². The molecule has 4 heteroatoms. The highest BCUT2D eigenvalue weighted by Gasteiger charge is 2.05. The Balaban J connectivity index is 2.24. The first-order valence-corrected chi connectivity index (χ1v) is 4.30. The molecule has 2 heterocycles. The minimum Gasteiger partial charge on any atom is -0.159 e. The summed E-state index contributed by atoms with van der Waals surface area (Å²) < 4.78 is 0. The highest BCUT2D eigenvalue weighted by atomic mass is 15.9. The maximum atomic E-state index is 4.11. The van der Waals surface area contributed by atoms with Crippen molar-refractivity contribution in [3.8, 4) is 0 Å². The fourth-order valence-corrected chi connectivity index (χ4v) is 1.03. The number of hydrazine groups is 1. The van der Waals surface area contributed by atoms with E-state index in [2.05, 4.69) is 10.2 Å². The zero-order valence-corrected chi connectivity index (χ0v) is 7.56. The summed E-state index contributed by atoms with van der Waals surface area (Å²) in [6.07, 6.45) is 18.5. The third-order valence-corrected chi connectivity index (χ3v) is 1.64. The van der Waals surface area contributed by atoms with Crippen molar-refractivity contribution in [3.63, 3.8) is 0 Å². The molecule has 2 aliphatic heterocycles. The third-order valence-electron chi connectivity index (χ3n) is 1.64. The molecule has 0 radical (unpaired) electrons. The lowest BCUT2D eigenvalue weighted by Gasteiger charge is -2.25. The molecular formula is C10H10N4. The van der Waals surface area contributed by atoms with Gasteiger partial charge in [0.2, 0.25) is 0 Å². The second kappa shape index (κ2) is 4.23. The van der Waals surface area contributed by atoms with E-state index < -0.39 is 0 Å². The Morgan fingerprint density at radius 1 is 0.571 bits per heavy atom. The minimum atomic E-state index is 1.64. The van der Waals surface area contributed by atoms with Crippen LogP contribution in [0.5, 0.6) is 0 Å². The molecule has 0 spiro atoms. The molecule has 0 aromatic rings. The quantitative estimate of drug-likeness (QED) is 0.576. The molecule has 4 nitrogen and oxygen atoms in total. The molecule has 0 aromatic heterocycles. The van der Waals surface area contributed by atoms with Crippen LogP contribution >= 0.6 is 0 Å². The third kappa shape index (κ3) is 1.98. The maximum absolute atomic E-state index is 4.11. The molecule has 0 amide bonds. The largest absolute Gasteiger partial charge is 0.159 e. The molecule has 0 bridgehead atoms. The van der Waals surface area contributed by atoms with Crippen molar-refractivity contribution in [1.82, 2.24) is 10.2 Å². The summed E-state index contributed by atoms with van der Waals surface area (Å²) in [5, 5.41) is 11.5. The second-order valence-corrected chi connectivity index (χ2v) is 2.62. The van der Waals surface area contributed by atoms with Crippen molar-refractivity contribution in [1.29, 1.82) is 0 Å². The first-order valence-electron chi connectivity index (χ1n) is 4.30. The average molecular weight is 186 g/mol. The average Bonchev–Trinajstić information content (AvgIpc) is 2.25. The Bertz CT molecular complexity index is 324. The van der Waals surface area contributed by atoms with E-state index in [1.807, 2.05) is 48.9 Å². The van der Waals surface area contributed by atoms with Gasteiger partial charge in [0.05, 0.1) is 12.4 Å². The van der Waals surface area contributed by atoms with Gasteiger partial charge in [-0.25, -0.2) is 0 Å². The van der Waals surface area contributed by atoms with Gasteiger partial charge in [-0.3, -0.25) is 0 Å². The Kier molecular flexibility index (Phi) is 2.56. The fourth-order valence-electron chi connectivity index (χ4n) is 1.03. The van der Waals surface area contributed by atoms with Crippen LogP contribution in [-0.2, 0) is 0 Å². The van der Waals surface area contributed by atoms with Gasteiger partial charge in [-0.05, 0) is 12.2 Å². The van der Waals surface area contributed by atoms with E-state index >= 15 is 0 Å². The van der Waals surface area contributed by atoms with Gasteiger partial charge in [-0.15, -0.1) is 0 Å². The van der Waals surface area contributed by atoms with Crippen LogP contribution in [0.2, 0.25) is 0 Å². The van der Waals surface area contributed by atoms with Crippen LogP contribution in [-0.4, -0.2) is 22.7 Å². The molecule has 0 fully saturated rings. The van der Waals surface area contributed by atoms with Crippen LogP contribution in [0.4, 0.5) is 0 Å². The highest BCUT2D eigenvalue weighted by molar-refractivity contribution is 6.16. The van der Waals surface area contributed by atoms with E-state index in [-0.39, 0.29) is 0 Å². The van der Waals surface area contributed by atoms with Gasteiger partial charge < -0.3 is 0 Å². The van der Waals surface area contributed by atoms with E-state index in [9.17, 15) is 0 Å². The lowest BCUT2D eigenvalue weighted by molar-refractivity contribution is 0.0834. The van der Waals surface area contributed by atoms with Crippen LogP contribution < -0.4 is 0 Å². The van der Waals surface area contributed by atoms with Gasteiger partial charge in [-0.1, -0.05) is 24.3 Å². The van der Waals surface area contributed by atoms with Crippen LogP contribution in [0.3, 0.4) is 0 Å². The van der Waals surface area contributed by atoms with Gasteiger partial charge in [0.15, 0.2) is 0 Å². The van der Waals surface area contributed by atoms with Gasteiger partial charge in [0, 0.05) is 12.4 Å². The number of allylic oxidation sites excluding steroid dienone is 6. The standard InChI is InChI=1S/C10H10N4/c1-2-4-6-10-14-12-8-7-11-13(14)9-5-3-1/h1-10H/b3-1-,4-2+,9-5+,10-6-. The van der Waals surface area contributed by atoms with E-state index in [0.29, 0.717) is 0 Å². The molecule has 0 N–H and O–H groups in total. The number of rotatable bonds is 0. The lowest BCUT2D eigenvalue weighted by atomic mass is 10.4. The second-order valence-electron chi connectivity index (χ2n) is 2.62. The van der Waals surface area contributed by atoms with Gasteiger partial charge in [-0.2, -0.15) is 20.4 Å². The zero-order chi connectivity index (χ0) is 9.64. The summed E-state index contributed by atoms with van der Waals surface area (Å²) >= 11 is 0. The minimum absolute atomic E-state index is 1.64. The van der Waals surface area contributed by atoms with Gasteiger partial charge in [0.25, 0.3) is 0 Å². The SMILES string of the molecule is C1=NN2\C=C/C=C/C=C\C=C\N2N=C1. The summed E-state index contributed by atoms with van der Waals surface area (Å²) in [4.78, 5) is 0. The molecular weight excluding hydrogens is 176 g/mol. The zero-order valence-electron chi connectivity index (χ0n) is 7.56. The summed E-state index contributed by atoms with van der Waals surface area (Å²) in [7, 11) is 0. The molecule has 0 aromatic carbocycles. The smallest absolute Gasteiger partial charge is 0.0697 e. The van der Waals surface area contributed by atoms with E-state index in [1.165, 1.54) is 0 Å². The van der Waals surface area contributed by atoms with Crippen molar-refractivity contribution in [2.24, 2.45) is 10.2 Å². The van der Waals surface area contributed by atoms with Crippen molar-refractivity contribution in [2.45, 2.75) is 0 Å². The predicted molar refractivity (Wildman–Crippen MR) is 57.2 cm³/mol. The van der Waals surface area contributed by atoms with Crippen LogP contribution in [0.15, 0.2) is 59.1 Å². The topological polar surface area (TPSA) is 31.2 Å². The monoisotopic (exact) mass is 186 g/mol. The molecule has 0 saturated carbocycles. The van der Waals surface area contributed by atoms with E-state index in [1.54, 1.807) is 22.7 Å².